The van der Waals surface area contributed by atoms with Gasteiger partial charge in [0.25, 0.3) is 11.8 Å². The third kappa shape index (κ3) is 5.08. The van der Waals surface area contributed by atoms with Crippen LogP contribution < -0.4 is 19.1 Å². The Kier molecular flexibility index (Phi) is 7.31. The Bertz CT molecular complexity index is 2000. The minimum Gasteiger partial charge on any atom is -0.493 e. The van der Waals surface area contributed by atoms with E-state index in [0.29, 0.717) is 46.9 Å². The van der Waals surface area contributed by atoms with Crippen LogP contribution in [0.1, 0.15) is 45.7 Å². The predicted octanol–water partition coefficient (Wildman–Crippen LogP) is 5.55. The first kappa shape index (κ1) is 28.3. The molecule has 4 aromatic carbocycles. The average molecular weight is 598 g/mol. The van der Waals surface area contributed by atoms with Crippen LogP contribution in [-0.4, -0.2) is 38.0 Å². The van der Waals surface area contributed by atoms with Crippen molar-refractivity contribution in [3.05, 3.63) is 101 Å². The summed E-state index contributed by atoms with van der Waals surface area (Å²) in [7, 11) is -2.19. The molecule has 2 amide bonds. The van der Waals surface area contributed by atoms with Gasteiger partial charge in [0.05, 0.1) is 36.6 Å². The van der Waals surface area contributed by atoms with Gasteiger partial charge in [-0.05, 0) is 37.6 Å². The number of hydrogen-bond acceptors (Lipinski definition) is 6. The summed E-state index contributed by atoms with van der Waals surface area (Å²) in [5, 5.41) is 2.37. The van der Waals surface area contributed by atoms with Gasteiger partial charge >= 0.3 is 0 Å². The minimum absolute atomic E-state index is 0.215. The number of para-hydroxylation sites is 1. The molecule has 1 aliphatic heterocycles. The van der Waals surface area contributed by atoms with E-state index in [1.165, 1.54) is 0 Å². The van der Waals surface area contributed by atoms with Crippen LogP contribution in [0.4, 0.5) is 5.69 Å². The smallest absolute Gasteiger partial charge is 0.266 e. The number of aromatic nitrogens is 1. The van der Waals surface area contributed by atoms with E-state index < -0.39 is 21.7 Å². The summed E-state index contributed by atoms with van der Waals surface area (Å²) in [6.07, 6.45) is 1.62. The Morgan fingerprint density at radius 1 is 0.860 bits per heavy atom. The van der Waals surface area contributed by atoms with Gasteiger partial charge in [-0.25, -0.2) is 13.1 Å². The first-order chi connectivity index (χ1) is 20.7. The SMILES string of the molecule is CCOc1c2c(c(OCC)c3ccccc13)C(=O)N(c1ccc(CS(=O)(=O)NC(=O)c3cn(C)c4ccccc34)cc1)C2. The van der Waals surface area contributed by atoms with Crippen LogP contribution in [0, 0.1) is 0 Å². The number of hydrogen-bond donors (Lipinski definition) is 1. The van der Waals surface area contributed by atoms with Gasteiger partial charge in [0.15, 0.2) is 0 Å². The molecule has 0 saturated heterocycles. The van der Waals surface area contributed by atoms with Crippen molar-refractivity contribution in [2.24, 2.45) is 7.05 Å². The van der Waals surface area contributed by atoms with Crippen molar-refractivity contribution < 1.29 is 27.5 Å². The zero-order chi connectivity index (χ0) is 30.3. The second-order valence-electron chi connectivity index (χ2n) is 10.3. The maximum absolute atomic E-state index is 13.8. The molecule has 0 unspecified atom stereocenters. The van der Waals surface area contributed by atoms with E-state index in [1.807, 2.05) is 50.2 Å². The normalized spacial score (nSPS) is 13.0. The van der Waals surface area contributed by atoms with Crippen LogP contribution in [0.15, 0.2) is 79.0 Å². The standard InChI is InChI=1S/C33H31N3O6S/c1-4-41-30-24-11-6-7-12-25(24)31(42-5-2)29-27(30)19-36(33(29)38)22-16-14-21(15-17-22)20-43(39,40)34-32(37)26-18-35(3)28-13-9-8-10-23(26)28/h6-18H,4-5,19-20H2,1-3H3,(H,34,37). The molecule has 6 rings (SSSR count). The summed E-state index contributed by atoms with van der Waals surface area (Å²) < 4.78 is 41.9. The fourth-order valence-electron chi connectivity index (χ4n) is 5.73. The number of fused-ring (bicyclic) bond motifs is 3. The first-order valence-electron chi connectivity index (χ1n) is 14.0. The first-order valence-corrected chi connectivity index (χ1v) is 15.7. The quantitative estimate of drug-likeness (QED) is 0.239. The highest BCUT2D eigenvalue weighted by Gasteiger charge is 2.36. The zero-order valence-electron chi connectivity index (χ0n) is 24.1. The highest BCUT2D eigenvalue weighted by molar-refractivity contribution is 7.89. The lowest BCUT2D eigenvalue weighted by atomic mass is 9.99. The van der Waals surface area contributed by atoms with E-state index >= 15 is 0 Å². The molecule has 9 nitrogen and oxygen atoms in total. The second-order valence-corrected chi connectivity index (χ2v) is 12.1. The molecule has 5 aromatic rings. The number of carbonyl (C=O) groups is 2. The van der Waals surface area contributed by atoms with Crippen molar-refractivity contribution >= 4 is 49.2 Å². The number of sulfonamides is 1. The van der Waals surface area contributed by atoms with E-state index in [2.05, 4.69) is 4.72 Å². The van der Waals surface area contributed by atoms with Gasteiger partial charge in [-0.2, -0.15) is 0 Å². The summed E-state index contributed by atoms with van der Waals surface area (Å²) in [6.45, 7) is 4.92. The third-order valence-electron chi connectivity index (χ3n) is 7.57. The molecule has 0 radical (unpaired) electrons. The van der Waals surface area contributed by atoms with E-state index in [9.17, 15) is 18.0 Å². The Hall–Kier alpha value is -4.83. The highest BCUT2D eigenvalue weighted by atomic mass is 32.2. The Balaban J connectivity index is 1.24. The van der Waals surface area contributed by atoms with E-state index in [1.54, 1.807) is 59.1 Å². The average Bonchev–Trinajstić information content (AvgIpc) is 3.52. The molecule has 0 atom stereocenters. The number of amides is 2. The molecule has 43 heavy (non-hydrogen) atoms. The van der Waals surface area contributed by atoms with Crippen molar-refractivity contribution in [1.29, 1.82) is 0 Å². The molecule has 1 aromatic heterocycles. The number of nitrogens with zero attached hydrogens (tertiary/aromatic N) is 2. The molecular formula is C33H31N3O6S. The molecule has 1 aliphatic rings. The third-order valence-corrected chi connectivity index (χ3v) is 8.78. The molecule has 0 aliphatic carbocycles. The maximum atomic E-state index is 13.8. The lowest BCUT2D eigenvalue weighted by Gasteiger charge is -2.16. The predicted molar refractivity (Wildman–Crippen MR) is 166 cm³/mol. The maximum Gasteiger partial charge on any atom is 0.266 e. The molecule has 1 N–H and O–H groups in total. The van der Waals surface area contributed by atoms with Crippen molar-refractivity contribution in [2.75, 3.05) is 18.1 Å². The Morgan fingerprint density at radius 3 is 2.14 bits per heavy atom. The van der Waals surface area contributed by atoms with Gasteiger partial charge in [-0.1, -0.05) is 54.6 Å². The molecule has 0 saturated carbocycles. The van der Waals surface area contributed by atoms with Crippen LogP contribution in [0.2, 0.25) is 0 Å². The number of carbonyl (C=O) groups excluding carboxylic acids is 2. The molecule has 10 heteroatoms. The van der Waals surface area contributed by atoms with Crippen LogP contribution in [-0.2, 0) is 29.4 Å². The Morgan fingerprint density at radius 2 is 1.47 bits per heavy atom. The molecule has 220 valence electrons. The molecule has 2 heterocycles. The van der Waals surface area contributed by atoms with Gasteiger partial charge in [-0.15, -0.1) is 0 Å². The van der Waals surface area contributed by atoms with E-state index in [-0.39, 0.29) is 18.0 Å². The van der Waals surface area contributed by atoms with Crippen molar-refractivity contribution in [1.82, 2.24) is 9.29 Å². The van der Waals surface area contributed by atoms with Crippen LogP contribution in [0.5, 0.6) is 11.5 Å². The summed E-state index contributed by atoms with van der Waals surface area (Å²) in [6, 6.07) is 21.7. The largest absolute Gasteiger partial charge is 0.493 e. The number of rotatable bonds is 9. The fourth-order valence-corrected chi connectivity index (χ4v) is 6.82. The highest BCUT2D eigenvalue weighted by Crippen LogP contribution is 2.46. The number of benzene rings is 4. The van der Waals surface area contributed by atoms with Gasteiger partial charge in [0, 0.05) is 46.2 Å². The number of anilines is 1. The van der Waals surface area contributed by atoms with Crippen molar-refractivity contribution in [3.63, 3.8) is 0 Å². The molecule has 0 spiro atoms. The Labute approximate surface area is 249 Å². The number of nitrogens with one attached hydrogen (secondary N) is 1. The second kappa shape index (κ2) is 11.1. The molecule has 0 bridgehead atoms. The van der Waals surface area contributed by atoms with Crippen LogP contribution >= 0.6 is 0 Å². The van der Waals surface area contributed by atoms with Gasteiger partial charge in [-0.3, -0.25) is 9.59 Å². The summed E-state index contributed by atoms with van der Waals surface area (Å²) in [4.78, 5) is 28.4. The van der Waals surface area contributed by atoms with Gasteiger partial charge < -0.3 is 18.9 Å². The van der Waals surface area contributed by atoms with Crippen LogP contribution in [0.25, 0.3) is 21.7 Å². The van der Waals surface area contributed by atoms with E-state index in [0.717, 1.165) is 21.9 Å². The summed E-state index contributed by atoms with van der Waals surface area (Å²) in [5.41, 5.74) is 3.44. The number of aryl methyl sites for hydroxylation is 1. The monoisotopic (exact) mass is 597 g/mol. The van der Waals surface area contributed by atoms with Crippen molar-refractivity contribution in [3.8, 4) is 11.5 Å². The number of ether oxygens (including phenoxy) is 2. The molecule has 0 fully saturated rings. The fraction of sp³-hybridized carbons (Fsp3) is 0.212. The van der Waals surface area contributed by atoms with Crippen molar-refractivity contribution in [2.45, 2.75) is 26.1 Å². The van der Waals surface area contributed by atoms with Gasteiger partial charge in [0.2, 0.25) is 10.0 Å². The summed E-state index contributed by atoms with van der Waals surface area (Å²) >= 11 is 0. The zero-order valence-corrected chi connectivity index (χ0v) is 24.9. The van der Waals surface area contributed by atoms with Gasteiger partial charge in [0.1, 0.15) is 11.5 Å². The minimum atomic E-state index is -4.00. The van der Waals surface area contributed by atoms with E-state index in [4.69, 9.17) is 9.47 Å². The lowest BCUT2D eigenvalue weighted by Crippen LogP contribution is -2.31. The molecular weight excluding hydrogens is 566 g/mol. The topological polar surface area (TPSA) is 107 Å². The van der Waals surface area contributed by atoms with Crippen LogP contribution in [0.3, 0.4) is 0 Å². The lowest BCUT2D eigenvalue weighted by molar-refractivity contribution is 0.0978. The summed E-state index contributed by atoms with van der Waals surface area (Å²) in [5.74, 6) is -0.0955.